The topological polar surface area (TPSA) is 26.0 Å². The Bertz CT molecular complexity index is 385. The minimum atomic E-state index is 0.226. The summed E-state index contributed by atoms with van der Waals surface area (Å²) in [5, 5.41) is 0. The number of nitrogens with two attached hydrogens (primary N) is 1. The van der Waals surface area contributed by atoms with Crippen LogP contribution in [0.2, 0.25) is 0 Å². The molecule has 0 fully saturated rings. The first-order valence-electron chi connectivity index (χ1n) is 7.08. The van der Waals surface area contributed by atoms with E-state index in [1.54, 1.807) is 0 Å². The molecule has 2 atom stereocenters. The van der Waals surface area contributed by atoms with Crippen LogP contribution < -0.4 is 5.73 Å². The highest BCUT2D eigenvalue weighted by atomic mass is 14.6. The first kappa shape index (κ1) is 15.2. The van der Waals surface area contributed by atoms with E-state index in [1.165, 1.54) is 23.1 Å². The van der Waals surface area contributed by atoms with E-state index in [0.29, 0.717) is 12.0 Å². The lowest BCUT2D eigenvalue weighted by Crippen LogP contribution is -2.16. The van der Waals surface area contributed by atoms with E-state index >= 15 is 0 Å². The van der Waals surface area contributed by atoms with E-state index in [2.05, 4.69) is 59.7 Å². The van der Waals surface area contributed by atoms with Crippen molar-refractivity contribution in [1.29, 1.82) is 0 Å². The van der Waals surface area contributed by atoms with Gasteiger partial charge in [-0.15, -0.1) is 0 Å². The third-order valence-corrected chi connectivity index (χ3v) is 3.73. The highest BCUT2D eigenvalue weighted by molar-refractivity contribution is 5.36. The Labute approximate surface area is 113 Å². The second kappa shape index (κ2) is 5.88. The van der Waals surface area contributed by atoms with Crippen LogP contribution in [0.5, 0.6) is 0 Å². The zero-order chi connectivity index (χ0) is 13.9. The molecule has 2 N–H and O–H groups in total. The molecule has 0 amide bonds. The standard InChI is InChI=1S/C17H29N/c1-12(7-9-14(3)18)16-11-15(17(4,5)6)10-8-13(16)2/h8,10-12,14H,7,9,18H2,1-6H3. The summed E-state index contributed by atoms with van der Waals surface area (Å²) in [4.78, 5) is 0. The van der Waals surface area contributed by atoms with Crippen LogP contribution in [0.3, 0.4) is 0 Å². The summed E-state index contributed by atoms with van der Waals surface area (Å²) in [6.07, 6.45) is 2.27. The number of hydrogen-bond acceptors (Lipinski definition) is 1. The lowest BCUT2D eigenvalue weighted by Gasteiger charge is -2.23. The van der Waals surface area contributed by atoms with Gasteiger partial charge in [0.2, 0.25) is 0 Å². The molecule has 0 heterocycles. The number of benzene rings is 1. The predicted octanol–water partition coefficient (Wildman–Crippen LogP) is 4.52. The zero-order valence-electron chi connectivity index (χ0n) is 12.9. The van der Waals surface area contributed by atoms with Crippen molar-refractivity contribution in [3.8, 4) is 0 Å². The fraction of sp³-hybridized carbons (Fsp3) is 0.647. The van der Waals surface area contributed by atoms with E-state index in [-0.39, 0.29) is 5.41 Å². The van der Waals surface area contributed by atoms with Gasteiger partial charge in [-0.25, -0.2) is 0 Å². The van der Waals surface area contributed by atoms with E-state index in [4.69, 9.17) is 5.73 Å². The Morgan fingerprint density at radius 2 is 1.72 bits per heavy atom. The molecule has 0 aliphatic rings. The van der Waals surface area contributed by atoms with Crippen molar-refractivity contribution in [1.82, 2.24) is 0 Å². The molecule has 0 radical (unpaired) electrons. The Balaban J connectivity index is 2.93. The maximum atomic E-state index is 5.86. The normalized spacial score (nSPS) is 15.5. The van der Waals surface area contributed by atoms with Gasteiger partial charge >= 0.3 is 0 Å². The summed E-state index contributed by atoms with van der Waals surface area (Å²) in [5.74, 6) is 0.596. The van der Waals surface area contributed by atoms with E-state index in [1.807, 2.05) is 0 Å². The maximum Gasteiger partial charge on any atom is 0.00106 e. The monoisotopic (exact) mass is 247 g/mol. The van der Waals surface area contributed by atoms with Gasteiger partial charge < -0.3 is 5.73 Å². The molecule has 0 spiro atoms. The number of rotatable bonds is 4. The maximum absolute atomic E-state index is 5.86. The van der Waals surface area contributed by atoms with Gasteiger partial charge in [-0.2, -0.15) is 0 Å². The van der Waals surface area contributed by atoms with Crippen molar-refractivity contribution in [3.63, 3.8) is 0 Å². The molecule has 102 valence electrons. The minimum absolute atomic E-state index is 0.226. The van der Waals surface area contributed by atoms with Crippen molar-refractivity contribution in [3.05, 3.63) is 34.9 Å². The number of hydrogen-bond donors (Lipinski definition) is 1. The molecule has 0 saturated carbocycles. The molecule has 0 aliphatic heterocycles. The summed E-state index contributed by atoms with van der Waals surface area (Å²) >= 11 is 0. The van der Waals surface area contributed by atoms with E-state index < -0.39 is 0 Å². The van der Waals surface area contributed by atoms with Crippen LogP contribution >= 0.6 is 0 Å². The average Bonchev–Trinajstić information content (AvgIpc) is 2.24. The molecule has 0 aromatic heterocycles. The second-order valence-corrected chi connectivity index (χ2v) is 6.78. The Kier molecular flexibility index (Phi) is 4.98. The summed E-state index contributed by atoms with van der Waals surface area (Å²) in [7, 11) is 0. The molecule has 0 bridgehead atoms. The van der Waals surface area contributed by atoms with Crippen molar-refractivity contribution in [2.75, 3.05) is 0 Å². The molecule has 2 unspecified atom stereocenters. The molecular weight excluding hydrogens is 218 g/mol. The van der Waals surface area contributed by atoms with Crippen LogP contribution in [-0.2, 0) is 5.41 Å². The first-order valence-corrected chi connectivity index (χ1v) is 7.08. The van der Waals surface area contributed by atoms with E-state index in [9.17, 15) is 0 Å². The Hall–Kier alpha value is -0.820. The molecule has 0 aliphatic carbocycles. The van der Waals surface area contributed by atoms with Crippen LogP contribution in [0, 0.1) is 6.92 Å². The summed E-state index contributed by atoms with van der Waals surface area (Å²) < 4.78 is 0. The van der Waals surface area contributed by atoms with Crippen molar-refractivity contribution in [2.24, 2.45) is 5.73 Å². The average molecular weight is 247 g/mol. The van der Waals surface area contributed by atoms with Crippen molar-refractivity contribution in [2.45, 2.75) is 71.8 Å². The van der Waals surface area contributed by atoms with Gasteiger partial charge in [0.05, 0.1) is 0 Å². The van der Waals surface area contributed by atoms with Crippen LogP contribution in [0.25, 0.3) is 0 Å². The van der Waals surface area contributed by atoms with Gasteiger partial charge in [0.25, 0.3) is 0 Å². The van der Waals surface area contributed by atoms with Crippen LogP contribution in [-0.4, -0.2) is 6.04 Å². The molecule has 18 heavy (non-hydrogen) atoms. The third kappa shape index (κ3) is 4.13. The van der Waals surface area contributed by atoms with Gasteiger partial charge in [0.1, 0.15) is 0 Å². The lowest BCUT2D eigenvalue weighted by molar-refractivity contribution is 0.561. The predicted molar refractivity (Wildman–Crippen MR) is 81.2 cm³/mol. The largest absolute Gasteiger partial charge is 0.328 e. The third-order valence-electron chi connectivity index (χ3n) is 3.73. The summed E-state index contributed by atoms with van der Waals surface area (Å²) in [6.45, 7) is 13.4. The Morgan fingerprint density at radius 3 is 2.22 bits per heavy atom. The molecular formula is C17H29N. The second-order valence-electron chi connectivity index (χ2n) is 6.78. The fourth-order valence-electron chi connectivity index (χ4n) is 2.31. The Morgan fingerprint density at radius 1 is 1.11 bits per heavy atom. The highest BCUT2D eigenvalue weighted by Gasteiger charge is 2.17. The fourth-order valence-corrected chi connectivity index (χ4v) is 2.31. The molecule has 1 nitrogen and oxygen atoms in total. The molecule has 1 rings (SSSR count). The minimum Gasteiger partial charge on any atom is -0.328 e. The lowest BCUT2D eigenvalue weighted by atomic mass is 9.82. The zero-order valence-corrected chi connectivity index (χ0v) is 12.9. The van der Waals surface area contributed by atoms with Gasteiger partial charge in [-0.1, -0.05) is 45.9 Å². The van der Waals surface area contributed by atoms with Crippen LogP contribution in [0.4, 0.5) is 0 Å². The van der Waals surface area contributed by atoms with E-state index in [0.717, 1.165) is 6.42 Å². The van der Waals surface area contributed by atoms with Crippen molar-refractivity contribution >= 4 is 0 Å². The quantitative estimate of drug-likeness (QED) is 0.831. The van der Waals surface area contributed by atoms with Gasteiger partial charge in [0.15, 0.2) is 0 Å². The smallest absolute Gasteiger partial charge is 0.00106 e. The van der Waals surface area contributed by atoms with Gasteiger partial charge in [0, 0.05) is 6.04 Å². The summed E-state index contributed by atoms with van der Waals surface area (Å²) in [6, 6.07) is 7.22. The van der Waals surface area contributed by atoms with Crippen LogP contribution in [0.15, 0.2) is 18.2 Å². The highest BCUT2D eigenvalue weighted by Crippen LogP contribution is 2.30. The van der Waals surface area contributed by atoms with Gasteiger partial charge in [-0.05, 0) is 54.7 Å². The number of aryl methyl sites for hydroxylation is 1. The summed E-state index contributed by atoms with van der Waals surface area (Å²) in [5.41, 5.74) is 10.4. The molecule has 1 heteroatoms. The first-order chi connectivity index (χ1) is 8.21. The SMILES string of the molecule is Cc1ccc(C(C)(C)C)cc1C(C)CCC(C)N. The molecule has 1 aromatic rings. The molecule has 0 saturated heterocycles. The van der Waals surface area contributed by atoms with Crippen LogP contribution in [0.1, 0.15) is 70.1 Å². The van der Waals surface area contributed by atoms with Gasteiger partial charge in [-0.3, -0.25) is 0 Å². The molecule has 1 aromatic carbocycles. The van der Waals surface area contributed by atoms with Crippen molar-refractivity contribution < 1.29 is 0 Å².